The summed E-state index contributed by atoms with van der Waals surface area (Å²) in [6.45, 7) is -0.192. The van der Waals surface area contributed by atoms with Crippen molar-refractivity contribution in [3.8, 4) is 0 Å². The number of carbonyl (C=O) groups is 1. The molecule has 0 heterocycles. The lowest BCUT2D eigenvalue weighted by atomic mass is 10.1. The molecule has 0 saturated heterocycles. The summed E-state index contributed by atoms with van der Waals surface area (Å²) in [5.41, 5.74) is -2.24. The van der Waals surface area contributed by atoms with E-state index in [1.165, 1.54) is 0 Å². The van der Waals surface area contributed by atoms with E-state index in [4.69, 9.17) is 10.2 Å². The van der Waals surface area contributed by atoms with Gasteiger partial charge in [0.05, 0.1) is 16.9 Å². The van der Waals surface area contributed by atoms with Crippen LogP contribution in [0.25, 0.3) is 0 Å². The SMILES string of the molecule is NS(=O)(=O)CCNc1ccc(C(=O)O)c(C(F)(F)F)c1. The largest absolute Gasteiger partial charge is 0.478 e. The average molecular weight is 312 g/mol. The fourth-order valence-corrected chi connectivity index (χ4v) is 1.80. The highest BCUT2D eigenvalue weighted by atomic mass is 32.2. The van der Waals surface area contributed by atoms with Gasteiger partial charge in [0.1, 0.15) is 0 Å². The zero-order valence-electron chi connectivity index (χ0n) is 9.94. The summed E-state index contributed by atoms with van der Waals surface area (Å²) in [6, 6.07) is 2.51. The van der Waals surface area contributed by atoms with Crippen LogP contribution in [0.5, 0.6) is 0 Å². The van der Waals surface area contributed by atoms with Gasteiger partial charge in [0.25, 0.3) is 0 Å². The topological polar surface area (TPSA) is 109 Å². The molecule has 0 aliphatic rings. The Morgan fingerprint density at radius 2 is 1.95 bits per heavy atom. The number of rotatable bonds is 5. The van der Waals surface area contributed by atoms with Gasteiger partial charge in [0.15, 0.2) is 0 Å². The van der Waals surface area contributed by atoms with E-state index < -0.39 is 39.0 Å². The number of hydrogen-bond donors (Lipinski definition) is 3. The van der Waals surface area contributed by atoms with E-state index in [2.05, 4.69) is 5.32 Å². The Kier molecular flexibility index (Phi) is 4.61. The van der Waals surface area contributed by atoms with Crippen LogP contribution in [0.15, 0.2) is 18.2 Å². The standard InChI is InChI=1S/C10H11F3N2O4S/c11-10(12,13)8-5-6(1-2-7(8)9(16)17)15-3-4-20(14,18)19/h1-2,5,15H,3-4H2,(H,16,17)(H2,14,18,19). The predicted octanol–water partition coefficient (Wildman–Crippen LogP) is 1.10. The summed E-state index contributed by atoms with van der Waals surface area (Å²) >= 11 is 0. The van der Waals surface area contributed by atoms with Crippen LogP contribution < -0.4 is 10.5 Å². The van der Waals surface area contributed by atoms with Crippen LogP contribution in [-0.4, -0.2) is 31.8 Å². The van der Waals surface area contributed by atoms with Gasteiger partial charge in [-0.05, 0) is 18.2 Å². The van der Waals surface area contributed by atoms with Gasteiger partial charge in [-0.2, -0.15) is 13.2 Å². The Balaban J connectivity index is 2.99. The van der Waals surface area contributed by atoms with E-state index in [-0.39, 0.29) is 12.2 Å². The van der Waals surface area contributed by atoms with Crippen LogP contribution >= 0.6 is 0 Å². The van der Waals surface area contributed by atoms with Gasteiger partial charge in [-0.15, -0.1) is 0 Å². The van der Waals surface area contributed by atoms with Crippen molar-refractivity contribution in [1.29, 1.82) is 0 Å². The first-order chi connectivity index (χ1) is 9.00. The minimum Gasteiger partial charge on any atom is -0.478 e. The molecule has 0 amide bonds. The second kappa shape index (κ2) is 5.67. The molecule has 0 spiro atoms. The maximum absolute atomic E-state index is 12.7. The van der Waals surface area contributed by atoms with E-state index in [1.807, 2.05) is 0 Å². The highest BCUT2D eigenvalue weighted by Gasteiger charge is 2.35. The maximum atomic E-state index is 12.7. The third-order valence-corrected chi connectivity index (χ3v) is 3.04. The van der Waals surface area contributed by atoms with Gasteiger partial charge < -0.3 is 10.4 Å². The number of sulfonamides is 1. The predicted molar refractivity (Wildman–Crippen MR) is 64.9 cm³/mol. The molecular formula is C10H11F3N2O4S. The van der Waals surface area contributed by atoms with Crippen LogP contribution in [0.3, 0.4) is 0 Å². The molecule has 0 bridgehead atoms. The Morgan fingerprint density at radius 1 is 1.35 bits per heavy atom. The number of alkyl halides is 3. The monoisotopic (exact) mass is 312 g/mol. The van der Waals surface area contributed by atoms with E-state index in [9.17, 15) is 26.4 Å². The summed E-state index contributed by atoms with van der Waals surface area (Å²) < 4.78 is 59.4. The third kappa shape index (κ3) is 4.70. The molecule has 6 nitrogen and oxygen atoms in total. The van der Waals surface area contributed by atoms with Crippen molar-refractivity contribution in [2.75, 3.05) is 17.6 Å². The zero-order chi connectivity index (χ0) is 15.6. The first kappa shape index (κ1) is 16.2. The Morgan fingerprint density at radius 3 is 2.40 bits per heavy atom. The first-order valence-electron chi connectivity index (χ1n) is 5.19. The molecule has 10 heteroatoms. The smallest absolute Gasteiger partial charge is 0.417 e. The van der Waals surface area contributed by atoms with Gasteiger partial charge >= 0.3 is 12.1 Å². The highest BCUT2D eigenvalue weighted by Crippen LogP contribution is 2.33. The number of anilines is 1. The molecule has 4 N–H and O–H groups in total. The summed E-state index contributed by atoms with van der Waals surface area (Å²) in [6.07, 6.45) is -4.83. The maximum Gasteiger partial charge on any atom is 0.417 e. The number of aromatic carboxylic acids is 1. The molecule has 0 aromatic heterocycles. The highest BCUT2D eigenvalue weighted by molar-refractivity contribution is 7.89. The quantitative estimate of drug-likeness (QED) is 0.754. The van der Waals surface area contributed by atoms with Crippen molar-refractivity contribution in [3.05, 3.63) is 29.3 Å². The van der Waals surface area contributed by atoms with Gasteiger partial charge in [-0.25, -0.2) is 18.4 Å². The molecule has 0 unspecified atom stereocenters. The Hall–Kier alpha value is -1.81. The number of hydrogen-bond acceptors (Lipinski definition) is 4. The number of carboxylic acid groups (broad SMARTS) is 1. The van der Waals surface area contributed by atoms with Gasteiger partial charge in [-0.3, -0.25) is 0 Å². The molecule has 0 aliphatic heterocycles. The van der Waals surface area contributed by atoms with Crippen LogP contribution in [0.4, 0.5) is 18.9 Å². The van der Waals surface area contributed by atoms with E-state index in [1.54, 1.807) is 0 Å². The number of primary sulfonamides is 1. The molecule has 0 saturated carbocycles. The van der Waals surface area contributed by atoms with E-state index in [0.29, 0.717) is 6.07 Å². The van der Waals surface area contributed by atoms with Gasteiger partial charge in [0, 0.05) is 12.2 Å². The molecule has 0 aliphatic carbocycles. The van der Waals surface area contributed by atoms with E-state index >= 15 is 0 Å². The van der Waals surface area contributed by atoms with E-state index in [0.717, 1.165) is 12.1 Å². The summed E-state index contributed by atoms with van der Waals surface area (Å²) in [7, 11) is -3.73. The number of carboxylic acids is 1. The lowest BCUT2D eigenvalue weighted by Gasteiger charge is -2.13. The fourth-order valence-electron chi connectivity index (χ4n) is 1.41. The molecule has 0 radical (unpaired) electrons. The summed E-state index contributed by atoms with van der Waals surface area (Å²) in [5.74, 6) is -2.16. The van der Waals surface area contributed by atoms with Crippen molar-refractivity contribution in [3.63, 3.8) is 0 Å². The van der Waals surface area contributed by atoms with Gasteiger partial charge in [-0.1, -0.05) is 0 Å². The molecule has 1 aromatic carbocycles. The van der Waals surface area contributed by atoms with Crippen molar-refractivity contribution in [1.82, 2.24) is 0 Å². The second-order valence-electron chi connectivity index (χ2n) is 3.86. The minimum atomic E-state index is -4.83. The molecule has 0 fully saturated rings. The average Bonchev–Trinajstić information content (AvgIpc) is 2.25. The normalized spacial score (nSPS) is 12.2. The molecule has 20 heavy (non-hydrogen) atoms. The lowest BCUT2D eigenvalue weighted by molar-refractivity contribution is -0.138. The Labute approximate surface area is 112 Å². The molecule has 0 atom stereocenters. The minimum absolute atomic E-state index is 0.0500. The molecule has 1 aromatic rings. The van der Waals surface area contributed by atoms with Crippen molar-refractivity contribution in [2.24, 2.45) is 5.14 Å². The number of nitrogens with two attached hydrogens (primary N) is 1. The Bertz CT molecular complexity index is 613. The van der Waals surface area contributed by atoms with Crippen molar-refractivity contribution in [2.45, 2.75) is 6.18 Å². The zero-order valence-corrected chi connectivity index (χ0v) is 10.8. The number of benzene rings is 1. The third-order valence-electron chi connectivity index (χ3n) is 2.27. The summed E-state index contributed by atoms with van der Waals surface area (Å²) in [5, 5.41) is 15.9. The number of halogens is 3. The van der Waals surface area contributed by atoms with Crippen molar-refractivity contribution >= 4 is 21.7 Å². The summed E-state index contributed by atoms with van der Waals surface area (Å²) in [4.78, 5) is 10.7. The lowest BCUT2D eigenvalue weighted by Crippen LogP contribution is -2.22. The second-order valence-corrected chi connectivity index (χ2v) is 5.59. The van der Waals surface area contributed by atoms with Crippen LogP contribution in [-0.2, 0) is 16.2 Å². The molecular weight excluding hydrogens is 301 g/mol. The van der Waals surface area contributed by atoms with Crippen molar-refractivity contribution < 1.29 is 31.5 Å². The van der Waals surface area contributed by atoms with Crippen LogP contribution in [0, 0.1) is 0 Å². The molecule has 112 valence electrons. The molecule has 1 rings (SSSR count). The van der Waals surface area contributed by atoms with Crippen LogP contribution in [0.1, 0.15) is 15.9 Å². The number of nitrogens with one attached hydrogen (secondary N) is 1. The van der Waals surface area contributed by atoms with Crippen LogP contribution in [0.2, 0.25) is 0 Å². The van der Waals surface area contributed by atoms with Gasteiger partial charge in [0.2, 0.25) is 10.0 Å². The fraction of sp³-hybridized carbons (Fsp3) is 0.300. The first-order valence-corrected chi connectivity index (χ1v) is 6.91.